The lowest BCUT2D eigenvalue weighted by Gasteiger charge is -2.11. The number of rotatable bonds is 4. The van der Waals surface area contributed by atoms with Crippen LogP contribution >= 0.6 is 0 Å². The van der Waals surface area contributed by atoms with Crippen LogP contribution in [0.3, 0.4) is 0 Å². The number of nitriles is 1. The highest BCUT2D eigenvalue weighted by Gasteiger charge is 2.16. The molecule has 3 rings (SSSR count). The molecule has 2 N–H and O–H groups in total. The van der Waals surface area contributed by atoms with E-state index in [1.165, 1.54) is 23.8 Å². The Labute approximate surface area is 143 Å². The number of carbonyl (C=O) groups is 1. The van der Waals surface area contributed by atoms with Crippen LogP contribution in [0.1, 0.15) is 12.5 Å². The van der Waals surface area contributed by atoms with Crippen LogP contribution in [0.15, 0.2) is 52.0 Å². The first-order chi connectivity index (χ1) is 12.0. The topological polar surface area (TPSA) is 115 Å². The van der Waals surface area contributed by atoms with Gasteiger partial charge in [-0.2, -0.15) is 5.26 Å². The molecular formula is C18H14N4O3. The van der Waals surface area contributed by atoms with Crippen molar-refractivity contribution in [2.24, 2.45) is 0 Å². The Morgan fingerprint density at radius 2 is 2.20 bits per heavy atom. The molecule has 0 unspecified atom stereocenters. The molecular weight excluding hydrogens is 320 g/mol. The van der Waals surface area contributed by atoms with E-state index < -0.39 is 0 Å². The third kappa shape index (κ3) is 3.19. The molecule has 0 amide bonds. The van der Waals surface area contributed by atoms with Gasteiger partial charge in [-0.3, -0.25) is 9.59 Å². The van der Waals surface area contributed by atoms with Gasteiger partial charge < -0.3 is 14.7 Å². The average Bonchev–Trinajstić information content (AvgIpc) is 3.10. The molecule has 0 aliphatic carbocycles. The van der Waals surface area contributed by atoms with Gasteiger partial charge in [-0.1, -0.05) is 0 Å². The lowest BCUT2D eigenvalue weighted by atomic mass is 10.0. The zero-order valence-corrected chi connectivity index (χ0v) is 13.4. The van der Waals surface area contributed by atoms with Crippen molar-refractivity contribution in [2.45, 2.75) is 13.5 Å². The minimum Gasteiger partial charge on any atom is -0.463 e. The predicted octanol–water partition coefficient (Wildman–Crippen LogP) is 2.21. The summed E-state index contributed by atoms with van der Waals surface area (Å²) in [4.78, 5) is 27.6. The Kier molecular flexibility index (Phi) is 4.18. The average molecular weight is 334 g/mol. The van der Waals surface area contributed by atoms with Gasteiger partial charge in [-0.05, 0) is 31.2 Å². The highest BCUT2D eigenvalue weighted by atomic mass is 16.3. The van der Waals surface area contributed by atoms with E-state index in [4.69, 9.17) is 10.2 Å². The number of hydrogen-bond donors (Lipinski definition) is 1. The number of hydrogen-bond acceptors (Lipinski definition) is 6. The summed E-state index contributed by atoms with van der Waals surface area (Å²) in [7, 11) is 0. The van der Waals surface area contributed by atoms with Gasteiger partial charge in [0, 0.05) is 23.4 Å². The van der Waals surface area contributed by atoms with Crippen molar-refractivity contribution < 1.29 is 9.21 Å². The third-order valence-electron chi connectivity index (χ3n) is 3.61. The first-order valence-corrected chi connectivity index (χ1v) is 7.44. The predicted molar refractivity (Wildman–Crippen MR) is 91.4 cm³/mol. The highest BCUT2D eigenvalue weighted by molar-refractivity contribution is 5.81. The smallest absolute Gasteiger partial charge is 0.250 e. The second kappa shape index (κ2) is 6.45. The van der Waals surface area contributed by atoms with Gasteiger partial charge >= 0.3 is 0 Å². The van der Waals surface area contributed by atoms with Crippen LogP contribution in [0.4, 0.5) is 5.82 Å². The quantitative estimate of drug-likeness (QED) is 0.782. The first-order valence-electron chi connectivity index (χ1n) is 7.44. The summed E-state index contributed by atoms with van der Waals surface area (Å²) in [6, 6.07) is 10.0. The van der Waals surface area contributed by atoms with Crippen molar-refractivity contribution in [3.05, 3.63) is 58.7 Å². The third-order valence-corrected chi connectivity index (χ3v) is 3.61. The van der Waals surface area contributed by atoms with Crippen molar-refractivity contribution in [3.8, 4) is 28.7 Å². The summed E-state index contributed by atoms with van der Waals surface area (Å²) in [5.41, 5.74) is 7.41. The molecule has 0 aliphatic heterocycles. The molecule has 3 heterocycles. The highest BCUT2D eigenvalue weighted by Crippen LogP contribution is 2.32. The van der Waals surface area contributed by atoms with Crippen LogP contribution in [0.2, 0.25) is 0 Å². The zero-order chi connectivity index (χ0) is 18.0. The number of aromatic nitrogens is 2. The minimum absolute atomic E-state index is 0.0315. The minimum atomic E-state index is -0.289. The largest absolute Gasteiger partial charge is 0.463 e. The summed E-state index contributed by atoms with van der Waals surface area (Å²) in [6.45, 7) is 1.38. The number of ketones is 1. The van der Waals surface area contributed by atoms with Crippen molar-refractivity contribution in [2.75, 3.05) is 5.73 Å². The normalized spacial score (nSPS) is 10.4. The second-order valence-electron chi connectivity index (χ2n) is 5.49. The van der Waals surface area contributed by atoms with Gasteiger partial charge in [0.2, 0.25) is 0 Å². The van der Waals surface area contributed by atoms with Crippen LogP contribution in [0.25, 0.3) is 22.6 Å². The standard InChI is InChI=1S/C18H14N4O3/c1-11(23)9-22-10-12(4-5-16(22)24)14-7-13(8-19)18(20)21-17(14)15-3-2-6-25-15/h2-7,10H,9H2,1H3,(H2,20,21). The number of Topliss-reactive ketones (excluding diaryl/α,β-unsaturated/α-hetero) is 1. The van der Waals surface area contributed by atoms with E-state index in [9.17, 15) is 14.9 Å². The van der Waals surface area contributed by atoms with Crippen LogP contribution in [-0.2, 0) is 11.3 Å². The van der Waals surface area contributed by atoms with Crippen LogP contribution < -0.4 is 11.3 Å². The van der Waals surface area contributed by atoms with Crippen LogP contribution in [0, 0.1) is 11.3 Å². The molecule has 3 aromatic heterocycles. The van der Waals surface area contributed by atoms with E-state index in [1.807, 2.05) is 6.07 Å². The van der Waals surface area contributed by atoms with Crippen molar-refractivity contribution in [1.82, 2.24) is 9.55 Å². The Morgan fingerprint density at radius 3 is 2.84 bits per heavy atom. The Balaban J connectivity index is 2.24. The molecule has 0 saturated carbocycles. The van der Waals surface area contributed by atoms with Crippen molar-refractivity contribution >= 4 is 11.6 Å². The molecule has 25 heavy (non-hydrogen) atoms. The molecule has 0 saturated heterocycles. The lowest BCUT2D eigenvalue weighted by Crippen LogP contribution is -2.21. The summed E-state index contributed by atoms with van der Waals surface area (Å²) >= 11 is 0. The van der Waals surface area contributed by atoms with Gasteiger partial charge in [0.1, 0.15) is 23.4 Å². The number of nitrogen functional groups attached to an aromatic ring is 1. The van der Waals surface area contributed by atoms with Crippen LogP contribution in [-0.4, -0.2) is 15.3 Å². The molecule has 0 bridgehead atoms. The fourth-order valence-electron chi connectivity index (χ4n) is 2.49. The maximum Gasteiger partial charge on any atom is 0.250 e. The zero-order valence-electron chi connectivity index (χ0n) is 13.4. The molecule has 0 fully saturated rings. The molecule has 0 aliphatic rings. The molecule has 0 aromatic carbocycles. The number of pyridine rings is 2. The number of nitrogens with zero attached hydrogens (tertiary/aromatic N) is 3. The monoisotopic (exact) mass is 334 g/mol. The summed E-state index contributed by atoms with van der Waals surface area (Å²) in [5.74, 6) is 0.434. The molecule has 0 spiro atoms. The van der Waals surface area contributed by atoms with E-state index in [1.54, 1.807) is 30.5 Å². The summed E-state index contributed by atoms with van der Waals surface area (Å²) < 4.78 is 6.72. The first kappa shape index (κ1) is 16.2. The molecule has 3 aromatic rings. The van der Waals surface area contributed by atoms with E-state index in [0.29, 0.717) is 22.6 Å². The number of anilines is 1. The van der Waals surface area contributed by atoms with E-state index in [0.717, 1.165) is 0 Å². The number of furan rings is 1. The van der Waals surface area contributed by atoms with Crippen molar-refractivity contribution in [1.29, 1.82) is 5.26 Å². The van der Waals surface area contributed by atoms with Gasteiger partial charge in [0.05, 0.1) is 18.4 Å². The Morgan fingerprint density at radius 1 is 1.40 bits per heavy atom. The number of nitrogens with two attached hydrogens (primary N) is 1. The Bertz CT molecular complexity index is 1040. The second-order valence-corrected chi connectivity index (χ2v) is 5.49. The molecule has 0 atom stereocenters. The molecule has 7 heteroatoms. The summed E-state index contributed by atoms with van der Waals surface area (Å²) in [5, 5.41) is 9.24. The fraction of sp³-hybridized carbons (Fsp3) is 0.111. The SMILES string of the molecule is CC(=O)Cn1cc(-c2cc(C#N)c(N)nc2-c2ccco2)ccc1=O. The van der Waals surface area contributed by atoms with Gasteiger partial charge in [0.15, 0.2) is 5.76 Å². The van der Waals surface area contributed by atoms with E-state index >= 15 is 0 Å². The maximum atomic E-state index is 11.9. The molecule has 124 valence electrons. The van der Waals surface area contributed by atoms with Crippen molar-refractivity contribution in [3.63, 3.8) is 0 Å². The number of carbonyl (C=O) groups excluding carboxylic acids is 1. The molecule has 0 radical (unpaired) electrons. The van der Waals surface area contributed by atoms with Gasteiger partial charge in [-0.15, -0.1) is 0 Å². The van der Waals surface area contributed by atoms with E-state index in [-0.39, 0.29) is 29.3 Å². The Hall–Kier alpha value is -3.66. The summed E-state index contributed by atoms with van der Waals surface area (Å²) in [6.07, 6.45) is 3.07. The van der Waals surface area contributed by atoms with Gasteiger partial charge in [0.25, 0.3) is 5.56 Å². The van der Waals surface area contributed by atoms with Crippen LogP contribution in [0.5, 0.6) is 0 Å². The molecule has 7 nitrogen and oxygen atoms in total. The lowest BCUT2D eigenvalue weighted by molar-refractivity contribution is -0.117. The van der Waals surface area contributed by atoms with E-state index in [2.05, 4.69) is 4.98 Å². The fourth-order valence-corrected chi connectivity index (χ4v) is 2.49. The maximum absolute atomic E-state index is 11.9. The van der Waals surface area contributed by atoms with Gasteiger partial charge in [-0.25, -0.2) is 4.98 Å².